The zero-order chi connectivity index (χ0) is 27.1. The van der Waals surface area contributed by atoms with E-state index in [1.54, 1.807) is 19.1 Å². The zero-order valence-electron chi connectivity index (χ0n) is 20.6. The van der Waals surface area contributed by atoms with Crippen molar-refractivity contribution in [2.24, 2.45) is 0 Å². The van der Waals surface area contributed by atoms with Crippen LogP contribution in [0.15, 0.2) is 24.4 Å². The molecule has 2 heterocycles. The van der Waals surface area contributed by atoms with Gasteiger partial charge in [-0.3, -0.25) is 19.9 Å². The Morgan fingerprint density at radius 3 is 2.57 bits per heavy atom. The number of nitrogens with one attached hydrogen (secondary N) is 1. The third-order valence-corrected chi connectivity index (χ3v) is 5.44. The third-order valence-electron chi connectivity index (χ3n) is 5.44. The Kier molecular flexibility index (Phi) is 8.68. The lowest BCUT2D eigenvalue weighted by Crippen LogP contribution is -2.41. The van der Waals surface area contributed by atoms with E-state index in [1.165, 1.54) is 26.5 Å². The Morgan fingerprint density at radius 2 is 1.89 bits per heavy atom. The van der Waals surface area contributed by atoms with Gasteiger partial charge in [-0.05, 0) is 43.5 Å². The van der Waals surface area contributed by atoms with Gasteiger partial charge in [-0.2, -0.15) is 9.97 Å². The second kappa shape index (κ2) is 11.9. The molecule has 0 aliphatic rings. The summed E-state index contributed by atoms with van der Waals surface area (Å²) in [4.78, 5) is 52.6. The van der Waals surface area contributed by atoms with E-state index >= 15 is 0 Å². The largest absolute Gasteiger partial charge is 0.469 e. The van der Waals surface area contributed by atoms with Gasteiger partial charge < -0.3 is 26.3 Å². The van der Waals surface area contributed by atoms with Crippen LogP contribution in [0.25, 0.3) is 11.2 Å². The molecule has 3 aromatic rings. The molecule has 2 aromatic heterocycles. The fourth-order valence-corrected chi connectivity index (χ4v) is 3.57. The number of nitrogens with two attached hydrogens (primary N) is 2. The number of amides is 1. The average Bonchev–Trinajstić information content (AvgIpc) is 2.87. The molecular formula is C23H28N8O6. The molecule has 14 nitrogen and oxygen atoms in total. The fraction of sp³-hybridized carbons (Fsp3) is 0.348. The summed E-state index contributed by atoms with van der Waals surface area (Å²) in [5, 5.41) is 14.2. The predicted molar refractivity (Wildman–Crippen MR) is 132 cm³/mol. The SMILES string of the molecule is COC(=O)CCC[C@H](NC(=O)c1ccc(N(O)Cc2cnc3nc(N)nc(N)c3n2)c(C)c1)C(=O)OC. The molecule has 0 fully saturated rings. The highest BCUT2D eigenvalue weighted by molar-refractivity contribution is 5.97. The van der Waals surface area contributed by atoms with Crippen LogP contribution in [0.3, 0.4) is 0 Å². The Morgan fingerprint density at radius 1 is 1.14 bits per heavy atom. The first kappa shape index (κ1) is 27.0. The lowest BCUT2D eigenvalue weighted by Gasteiger charge is -2.20. The molecule has 0 radical (unpaired) electrons. The van der Waals surface area contributed by atoms with E-state index in [9.17, 15) is 19.6 Å². The summed E-state index contributed by atoms with van der Waals surface area (Å²) in [7, 11) is 2.49. The van der Waals surface area contributed by atoms with Crippen LogP contribution in [0, 0.1) is 6.92 Å². The number of benzene rings is 1. The van der Waals surface area contributed by atoms with Crippen molar-refractivity contribution in [2.75, 3.05) is 30.8 Å². The van der Waals surface area contributed by atoms with Crippen molar-refractivity contribution in [1.29, 1.82) is 0 Å². The quantitative estimate of drug-likeness (QED) is 0.220. The maximum atomic E-state index is 12.8. The highest BCUT2D eigenvalue weighted by Gasteiger charge is 2.23. The van der Waals surface area contributed by atoms with E-state index in [1.807, 2.05) is 0 Å². The molecule has 0 unspecified atom stereocenters. The average molecular weight is 513 g/mol. The van der Waals surface area contributed by atoms with Crippen molar-refractivity contribution in [3.63, 3.8) is 0 Å². The molecule has 0 spiro atoms. The Bertz CT molecular complexity index is 1320. The van der Waals surface area contributed by atoms with Crippen LogP contribution < -0.4 is 21.8 Å². The van der Waals surface area contributed by atoms with Crippen LogP contribution in [-0.2, 0) is 25.6 Å². The van der Waals surface area contributed by atoms with Gasteiger partial charge in [-0.25, -0.2) is 14.8 Å². The molecule has 1 aromatic carbocycles. The van der Waals surface area contributed by atoms with E-state index in [2.05, 4.69) is 30.0 Å². The Balaban J connectivity index is 1.70. The van der Waals surface area contributed by atoms with E-state index in [0.717, 1.165) is 5.06 Å². The minimum Gasteiger partial charge on any atom is -0.469 e. The number of aryl methyl sites for hydroxylation is 1. The molecule has 14 heteroatoms. The number of hydrogen-bond acceptors (Lipinski definition) is 13. The van der Waals surface area contributed by atoms with Crippen LogP contribution in [0.1, 0.15) is 40.9 Å². The minimum atomic E-state index is -0.935. The summed E-state index contributed by atoms with van der Waals surface area (Å²) in [6.07, 6.45) is 2.06. The second-order valence-corrected chi connectivity index (χ2v) is 8.08. The maximum Gasteiger partial charge on any atom is 0.328 e. The van der Waals surface area contributed by atoms with Gasteiger partial charge in [0.15, 0.2) is 17.0 Å². The smallest absolute Gasteiger partial charge is 0.328 e. The van der Waals surface area contributed by atoms with Crippen molar-refractivity contribution in [1.82, 2.24) is 25.3 Å². The highest BCUT2D eigenvalue weighted by atomic mass is 16.5. The van der Waals surface area contributed by atoms with E-state index in [4.69, 9.17) is 16.2 Å². The van der Waals surface area contributed by atoms with E-state index < -0.39 is 23.9 Å². The molecule has 0 aliphatic heterocycles. The summed E-state index contributed by atoms with van der Waals surface area (Å²) in [5.41, 5.74) is 13.6. The third kappa shape index (κ3) is 6.76. The number of nitrogen functional groups attached to an aromatic ring is 2. The van der Waals surface area contributed by atoms with Crippen molar-refractivity contribution in [2.45, 2.75) is 38.8 Å². The Hall–Kier alpha value is -4.59. The monoisotopic (exact) mass is 512 g/mol. The van der Waals surface area contributed by atoms with Crippen molar-refractivity contribution in [3.8, 4) is 0 Å². The van der Waals surface area contributed by atoms with Crippen molar-refractivity contribution in [3.05, 3.63) is 41.2 Å². The first-order valence-corrected chi connectivity index (χ1v) is 11.2. The number of fused-ring (bicyclic) bond motifs is 1. The first-order chi connectivity index (χ1) is 17.6. The van der Waals surface area contributed by atoms with Gasteiger partial charge >= 0.3 is 11.9 Å². The number of anilines is 3. The molecule has 1 atom stereocenters. The lowest BCUT2D eigenvalue weighted by atomic mass is 10.1. The Labute approximate surface area is 212 Å². The summed E-state index contributed by atoms with van der Waals surface area (Å²) >= 11 is 0. The second-order valence-electron chi connectivity index (χ2n) is 8.08. The molecule has 1 amide bonds. The first-order valence-electron chi connectivity index (χ1n) is 11.2. The zero-order valence-corrected chi connectivity index (χ0v) is 20.6. The molecular weight excluding hydrogens is 484 g/mol. The van der Waals surface area contributed by atoms with E-state index in [-0.39, 0.29) is 47.9 Å². The molecule has 0 aliphatic carbocycles. The summed E-state index contributed by atoms with van der Waals surface area (Å²) in [6.45, 7) is 1.67. The van der Waals surface area contributed by atoms with Gasteiger partial charge in [-0.1, -0.05) is 0 Å². The van der Waals surface area contributed by atoms with Crippen LogP contribution in [0.4, 0.5) is 17.5 Å². The van der Waals surface area contributed by atoms with Crippen LogP contribution in [0.5, 0.6) is 0 Å². The number of rotatable bonds is 10. The van der Waals surface area contributed by atoms with Crippen molar-refractivity contribution >= 4 is 46.5 Å². The predicted octanol–water partition coefficient (Wildman–Crippen LogP) is 0.903. The van der Waals surface area contributed by atoms with Gasteiger partial charge in [0, 0.05) is 12.0 Å². The van der Waals surface area contributed by atoms with Gasteiger partial charge in [0.05, 0.1) is 38.3 Å². The lowest BCUT2D eigenvalue weighted by molar-refractivity contribution is -0.144. The number of aromatic nitrogens is 4. The number of hydroxylamine groups is 1. The minimum absolute atomic E-state index is 0.0188. The molecule has 37 heavy (non-hydrogen) atoms. The number of esters is 2. The molecule has 6 N–H and O–H groups in total. The summed E-state index contributed by atoms with van der Waals surface area (Å²) < 4.78 is 9.35. The maximum absolute atomic E-state index is 12.8. The molecule has 0 bridgehead atoms. The summed E-state index contributed by atoms with van der Waals surface area (Å²) in [6, 6.07) is 3.69. The highest BCUT2D eigenvalue weighted by Crippen LogP contribution is 2.23. The normalized spacial score (nSPS) is 11.6. The van der Waals surface area contributed by atoms with E-state index in [0.29, 0.717) is 23.4 Å². The van der Waals surface area contributed by atoms with Crippen LogP contribution in [0.2, 0.25) is 0 Å². The number of ether oxygens (including phenoxy) is 2. The number of carbonyl (C=O) groups is 3. The number of nitrogens with zero attached hydrogens (tertiary/aromatic N) is 5. The van der Waals surface area contributed by atoms with Crippen LogP contribution >= 0.6 is 0 Å². The number of carbonyl (C=O) groups excluding carboxylic acids is 3. The van der Waals surface area contributed by atoms with Gasteiger partial charge in [0.2, 0.25) is 5.95 Å². The molecule has 0 saturated carbocycles. The molecule has 0 saturated heterocycles. The van der Waals surface area contributed by atoms with Gasteiger partial charge in [-0.15, -0.1) is 0 Å². The summed E-state index contributed by atoms with van der Waals surface area (Å²) in [5.74, 6) is -1.50. The molecule has 3 rings (SSSR count). The fourth-order valence-electron chi connectivity index (χ4n) is 3.57. The van der Waals surface area contributed by atoms with Gasteiger partial charge in [0.1, 0.15) is 6.04 Å². The topological polar surface area (TPSA) is 209 Å². The van der Waals surface area contributed by atoms with Crippen molar-refractivity contribution < 1.29 is 29.1 Å². The number of methoxy groups -OCH3 is 2. The number of hydrogen-bond donors (Lipinski definition) is 4. The van der Waals surface area contributed by atoms with Crippen LogP contribution in [-0.4, -0.2) is 63.3 Å². The standard InChI is InChI=1S/C23H28N8O6/c1-12-9-13(21(33)28-15(22(34)37-3)5-4-6-17(32)36-2)7-8-16(12)31(35)11-14-10-26-20-18(27-14)19(24)29-23(25)30-20/h7-10,15,35H,4-6,11H2,1-3H3,(H,28,33)(H4,24,25,26,29,30)/t15-/m0/s1. The van der Waals surface area contributed by atoms with Gasteiger partial charge in [0.25, 0.3) is 5.91 Å². The molecule has 196 valence electrons.